The summed E-state index contributed by atoms with van der Waals surface area (Å²) in [6, 6.07) is 0. The molecule has 0 aromatic carbocycles. The molecule has 0 spiro atoms. The number of ether oxygens (including phenoxy) is 2. The molecule has 0 aromatic heterocycles. The van der Waals surface area contributed by atoms with Crippen molar-refractivity contribution in [3.63, 3.8) is 0 Å². The van der Waals surface area contributed by atoms with Crippen LogP contribution < -0.4 is 0 Å². The van der Waals surface area contributed by atoms with Gasteiger partial charge in [-0.1, -0.05) is 0 Å². The molecule has 0 fully saturated rings. The molecule has 0 saturated carbocycles. The molecule has 0 bridgehead atoms. The summed E-state index contributed by atoms with van der Waals surface area (Å²) in [6.45, 7) is -3.67. The first-order chi connectivity index (χ1) is 15.3. The highest BCUT2D eigenvalue weighted by atomic mass is 19.4. The van der Waals surface area contributed by atoms with Gasteiger partial charge in [-0.05, 0) is 0 Å². The van der Waals surface area contributed by atoms with E-state index >= 15 is 0 Å². The zero-order chi connectivity index (χ0) is 27.8. The van der Waals surface area contributed by atoms with Gasteiger partial charge in [0, 0.05) is 6.42 Å². The molecule has 0 atom stereocenters. The fraction of sp³-hybridized carbons (Fsp3) is 0.733. The topological polar surface area (TPSA) is 18.5 Å². The molecule has 2 aliphatic rings. The Morgan fingerprint density at radius 1 is 0.400 bits per heavy atom. The van der Waals surface area contributed by atoms with E-state index in [0.29, 0.717) is 0 Å². The first-order valence-corrected chi connectivity index (χ1v) is 8.39. The fourth-order valence-corrected chi connectivity index (χ4v) is 2.63. The number of hydrogen-bond acceptors (Lipinski definition) is 2. The molecule has 0 amide bonds. The van der Waals surface area contributed by atoms with Gasteiger partial charge in [-0.15, -0.1) is 0 Å². The van der Waals surface area contributed by atoms with Gasteiger partial charge >= 0.3 is 47.4 Å². The SMILES string of the molecule is FC1=C(OCCCOC2=C(F)C(F)(F)C(F)(F)C(F)(F)C2(F)F)C(F)(F)C(F)(F)C(F)(F)C1(F)F. The van der Waals surface area contributed by atoms with Crippen LogP contribution in [0.3, 0.4) is 0 Å². The van der Waals surface area contributed by atoms with Gasteiger partial charge < -0.3 is 9.47 Å². The van der Waals surface area contributed by atoms with Crippen molar-refractivity contribution in [3.8, 4) is 0 Å². The maximum Gasteiger partial charge on any atom is 0.386 e. The maximum atomic E-state index is 13.5. The van der Waals surface area contributed by atoms with Crippen LogP contribution in [0.2, 0.25) is 0 Å². The lowest BCUT2D eigenvalue weighted by atomic mass is 9.89. The van der Waals surface area contributed by atoms with Crippen LogP contribution in [-0.2, 0) is 9.47 Å². The molecule has 20 heteroatoms. The summed E-state index contributed by atoms with van der Waals surface area (Å²) in [7, 11) is 0. The summed E-state index contributed by atoms with van der Waals surface area (Å²) >= 11 is 0. The Labute approximate surface area is 180 Å². The summed E-state index contributed by atoms with van der Waals surface area (Å²) < 4.78 is 246. The van der Waals surface area contributed by atoms with Gasteiger partial charge in [0.15, 0.2) is 0 Å². The zero-order valence-electron chi connectivity index (χ0n) is 15.7. The Bertz CT molecular complexity index is 856. The predicted octanol–water partition coefficient (Wildman–Crippen LogP) is 6.88. The van der Waals surface area contributed by atoms with E-state index in [4.69, 9.17) is 0 Å². The van der Waals surface area contributed by atoms with Crippen molar-refractivity contribution in [1.29, 1.82) is 0 Å². The third-order valence-electron chi connectivity index (χ3n) is 4.67. The molecule has 0 aliphatic heterocycles. The first-order valence-electron chi connectivity index (χ1n) is 8.39. The fourth-order valence-electron chi connectivity index (χ4n) is 2.63. The second-order valence-electron chi connectivity index (χ2n) is 6.93. The minimum atomic E-state index is -6.97. The largest absolute Gasteiger partial charge is 0.489 e. The van der Waals surface area contributed by atoms with Crippen LogP contribution in [0.5, 0.6) is 0 Å². The zero-order valence-corrected chi connectivity index (χ0v) is 15.7. The van der Waals surface area contributed by atoms with Gasteiger partial charge in [0.1, 0.15) is 0 Å². The van der Waals surface area contributed by atoms with Gasteiger partial charge in [-0.2, -0.15) is 70.2 Å². The van der Waals surface area contributed by atoms with E-state index in [1.165, 1.54) is 0 Å². The Balaban J connectivity index is 2.23. The lowest BCUT2D eigenvalue weighted by molar-refractivity contribution is -0.371. The average molecular weight is 560 g/mol. The molecule has 0 unspecified atom stereocenters. The van der Waals surface area contributed by atoms with Gasteiger partial charge in [0.25, 0.3) is 0 Å². The predicted molar refractivity (Wildman–Crippen MR) is 72.4 cm³/mol. The quantitative estimate of drug-likeness (QED) is 0.261. The van der Waals surface area contributed by atoms with Crippen LogP contribution in [-0.4, -0.2) is 60.6 Å². The van der Waals surface area contributed by atoms with E-state index < -0.39 is 90.2 Å². The molecular formula is C15H6F18O2. The number of hydrogen-bond donors (Lipinski definition) is 0. The minimum Gasteiger partial charge on any atom is -0.489 e. The van der Waals surface area contributed by atoms with E-state index in [2.05, 4.69) is 9.47 Å². The summed E-state index contributed by atoms with van der Waals surface area (Å²) in [5.74, 6) is -68.3. The van der Waals surface area contributed by atoms with E-state index in [9.17, 15) is 79.0 Å². The van der Waals surface area contributed by atoms with E-state index in [1.807, 2.05) is 0 Å². The van der Waals surface area contributed by atoms with E-state index in [1.54, 1.807) is 0 Å². The van der Waals surface area contributed by atoms with Gasteiger partial charge in [-0.25, -0.2) is 8.78 Å². The summed E-state index contributed by atoms with van der Waals surface area (Å²) in [6.07, 6.45) is -1.47. The molecule has 0 N–H and O–H groups in total. The number of alkyl halides is 16. The van der Waals surface area contributed by atoms with Crippen molar-refractivity contribution >= 4 is 0 Å². The van der Waals surface area contributed by atoms with Crippen molar-refractivity contribution < 1.29 is 88.5 Å². The maximum absolute atomic E-state index is 13.5. The Morgan fingerprint density at radius 2 is 0.629 bits per heavy atom. The standard InChI is InChI=1S/C15H6F18O2/c16-4-6(10(22,23)14(30,31)12(26,27)8(4,18)19)34-2-1-3-35-7-5(17)9(20,21)13(28,29)15(32,33)11(7,24)25/h1-3H2. The van der Waals surface area contributed by atoms with Gasteiger partial charge in [-0.3, -0.25) is 0 Å². The molecular weight excluding hydrogens is 554 g/mol. The van der Waals surface area contributed by atoms with Crippen LogP contribution >= 0.6 is 0 Å². The van der Waals surface area contributed by atoms with Crippen LogP contribution in [0.25, 0.3) is 0 Å². The third-order valence-corrected chi connectivity index (χ3v) is 4.67. The van der Waals surface area contributed by atoms with Crippen molar-refractivity contribution in [1.82, 2.24) is 0 Å². The van der Waals surface area contributed by atoms with Crippen LogP contribution in [0.4, 0.5) is 79.0 Å². The molecule has 2 nitrogen and oxygen atoms in total. The second kappa shape index (κ2) is 7.66. The third kappa shape index (κ3) is 3.36. The number of allylic oxidation sites excluding steroid dienone is 4. The van der Waals surface area contributed by atoms with Crippen molar-refractivity contribution in [2.24, 2.45) is 0 Å². The van der Waals surface area contributed by atoms with Crippen LogP contribution in [0.1, 0.15) is 6.42 Å². The Kier molecular flexibility index (Phi) is 6.36. The van der Waals surface area contributed by atoms with Gasteiger partial charge in [0.2, 0.25) is 23.2 Å². The highest BCUT2D eigenvalue weighted by Crippen LogP contribution is 2.63. The summed E-state index contributed by atoms with van der Waals surface area (Å²) in [4.78, 5) is 0. The lowest BCUT2D eigenvalue weighted by Crippen LogP contribution is -2.67. The van der Waals surface area contributed by atoms with Crippen LogP contribution in [0.15, 0.2) is 23.2 Å². The Hall–Kier alpha value is -2.18. The molecule has 0 aromatic rings. The number of halogens is 18. The molecule has 204 valence electrons. The lowest BCUT2D eigenvalue weighted by Gasteiger charge is -2.41. The summed E-state index contributed by atoms with van der Waals surface area (Å²) in [5.41, 5.74) is 0. The Morgan fingerprint density at radius 3 is 0.886 bits per heavy atom. The monoisotopic (exact) mass is 560 g/mol. The molecule has 0 heterocycles. The van der Waals surface area contributed by atoms with Gasteiger partial charge in [0.05, 0.1) is 13.2 Å². The minimum absolute atomic E-state index is 1.47. The summed E-state index contributed by atoms with van der Waals surface area (Å²) in [5, 5.41) is 0. The highest BCUT2D eigenvalue weighted by molar-refractivity contribution is 5.33. The van der Waals surface area contributed by atoms with Crippen LogP contribution in [0, 0.1) is 0 Å². The first kappa shape index (κ1) is 29.1. The normalized spacial score (nSPS) is 29.1. The average Bonchev–Trinajstić information content (AvgIpc) is 2.69. The van der Waals surface area contributed by atoms with Crippen molar-refractivity contribution in [2.45, 2.75) is 53.8 Å². The van der Waals surface area contributed by atoms with Crippen molar-refractivity contribution in [3.05, 3.63) is 23.2 Å². The van der Waals surface area contributed by atoms with Crippen molar-refractivity contribution in [2.75, 3.05) is 13.2 Å². The molecule has 35 heavy (non-hydrogen) atoms. The number of rotatable bonds is 6. The smallest absolute Gasteiger partial charge is 0.386 e. The van der Waals surface area contributed by atoms with E-state index in [0.717, 1.165) is 0 Å². The molecule has 2 rings (SSSR count). The van der Waals surface area contributed by atoms with E-state index in [-0.39, 0.29) is 0 Å². The molecule has 0 radical (unpaired) electrons. The second-order valence-corrected chi connectivity index (χ2v) is 6.93. The molecule has 2 aliphatic carbocycles. The highest BCUT2D eigenvalue weighted by Gasteiger charge is 2.88. The molecule has 0 saturated heterocycles.